The second-order valence-electron chi connectivity index (χ2n) is 21.3. The molecule has 3 aromatic heterocycles. The number of pyridine rings is 2. The molecule has 69 heavy (non-hydrogen) atoms. The van der Waals surface area contributed by atoms with Crippen molar-refractivity contribution in [2.24, 2.45) is 5.41 Å². The summed E-state index contributed by atoms with van der Waals surface area (Å²) in [4.78, 5) is 14.8. The van der Waals surface area contributed by atoms with E-state index in [0.29, 0.717) is 0 Å². The molecule has 0 fully saturated rings. The molecule has 0 bridgehead atoms. The van der Waals surface area contributed by atoms with Gasteiger partial charge in [-0.2, -0.15) is 0 Å². The van der Waals surface area contributed by atoms with Crippen LogP contribution in [-0.2, 0) is 10.8 Å². The standard InChI is InChI=1S/C63H55FN4O/c1-38-17-31-56(65-36-38)67(43-24-19-40(20-25-43)61(3,4)5)45-28-30-48-52(34-45)63(50-15-11-9-13-46(50)47-29-23-42(64)33-51(47)63)53-35-54(59-49-14-10-12-16-55(49)69-60(59)58(48)53)68(57-32-18-39(2)37-66-57)44-26-21-41(22-27-44)62(6,7)8/h9-19,21-24,26-37H,20,25H2,1-8H3. The number of anilines is 5. The van der Waals surface area contributed by atoms with Gasteiger partial charge >= 0.3 is 0 Å². The maximum atomic E-state index is 16.3. The highest BCUT2D eigenvalue weighted by Gasteiger charge is 2.54. The number of halogens is 1. The van der Waals surface area contributed by atoms with Crippen molar-refractivity contribution in [3.63, 3.8) is 0 Å². The van der Waals surface area contributed by atoms with Crippen LogP contribution in [0.5, 0.6) is 0 Å². The van der Waals surface area contributed by atoms with E-state index in [0.717, 1.165) is 119 Å². The summed E-state index contributed by atoms with van der Waals surface area (Å²) in [6, 6.07) is 49.0. The van der Waals surface area contributed by atoms with Gasteiger partial charge in [0.25, 0.3) is 0 Å². The number of hydrogen-bond acceptors (Lipinski definition) is 5. The first-order chi connectivity index (χ1) is 33.2. The van der Waals surface area contributed by atoms with Crippen LogP contribution in [0.3, 0.4) is 0 Å². The van der Waals surface area contributed by atoms with Crippen LogP contribution >= 0.6 is 0 Å². The van der Waals surface area contributed by atoms with Crippen molar-refractivity contribution in [3.05, 3.63) is 220 Å². The minimum atomic E-state index is -0.939. The van der Waals surface area contributed by atoms with Crippen LogP contribution < -0.4 is 9.80 Å². The minimum Gasteiger partial charge on any atom is -0.455 e. The molecule has 0 saturated carbocycles. The summed E-state index contributed by atoms with van der Waals surface area (Å²) in [5.41, 5.74) is 17.9. The molecule has 0 N–H and O–H groups in total. The topological polar surface area (TPSA) is 45.4 Å². The van der Waals surface area contributed by atoms with Gasteiger partial charge in [0.05, 0.1) is 16.5 Å². The summed E-state index contributed by atoms with van der Waals surface area (Å²) >= 11 is 0. The molecule has 12 rings (SSSR count). The van der Waals surface area contributed by atoms with Crippen LogP contribution in [-0.4, -0.2) is 9.97 Å². The molecule has 6 heteroatoms. The Morgan fingerprint density at radius 1 is 0.565 bits per heavy atom. The molecule has 0 aliphatic heterocycles. The Kier molecular flexibility index (Phi) is 9.59. The Labute approximate surface area is 404 Å². The first-order valence-corrected chi connectivity index (χ1v) is 24.2. The summed E-state index contributed by atoms with van der Waals surface area (Å²) in [6.45, 7) is 17.7. The molecule has 1 spiro atoms. The lowest BCUT2D eigenvalue weighted by Crippen LogP contribution is -2.27. The first-order valence-electron chi connectivity index (χ1n) is 24.2. The van der Waals surface area contributed by atoms with Crippen molar-refractivity contribution in [1.82, 2.24) is 9.97 Å². The van der Waals surface area contributed by atoms with Gasteiger partial charge in [0.2, 0.25) is 0 Å². The number of para-hydroxylation sites is 1. The lowest BCUT2D eigenvalue weighted by molar-refractivity contribution is 0.479. The predicted octanol–water partition coefficient (Wildman–Crippen LogP) is 17.0. The van der Waals surface area contributed by atoms with Crippen molar-refractivity contribution in [2.45, 2.75) is 79.1 Å². The van der Waals surface area contributed by atoms with E-state index in [9.17, 15) is 0 Å². The minimum absolute atomic E-state index is 0.0344. The monoisotopic (exact) mass is 902 g/mol. The number of fused-ring (bicyclic) bond motifs is 14. The van der Waals surface area contributed by atoms with Crippen LogP contribution in [0, 0.1) is 25.1 Å². The Hall–Kier alpha value is -7.57. The van der Waals surface area contributed by atoms with E-state index >= 15 is 4.39 Å². The molecule has 3 aliphatic rings. The van der Waals surface area contributed by atoms with Crippen molar-refractivity contribution in [2.75, 3.05) is 9.80 Å². The highest BCUT2D eigenvalue weighted by molar-refractivity contribution is 6.19. The Morgan fingerprint density at radius 2 is 1.22 bits per heavy atom. The molecule has 340 valence electrons. The lowest BCUT2D eigenvalue weighted by atomic mass is 9.70. The summed E-state index contributed by atoms with van der Waals surface area (Å²) in [7, 11) is 0. The summed E-state index contributed by atoms with van der Waals surface area (Å²) in [5.74, 6) is 1.36. The zero-order chi connectivity index (χ0) is 47.6. The quantitative estimate of drug-likeness (QED) is 0.166. The van der Waals surface area contributed by atoms with Crippen LogP contribution in [0.1, 0.15) is 93.3 Å². The number of aryl methyl sites for hydroxylation is 2. The fourth-order valence-electron chi connectivity index (χ4n) is 11.4. The first kappa shape index (κ1) is 42.8. The molecule has 6 aromatic carbocycles. The summed E-state index contributed by atoms with van der Waals surface area (Å²) in [6.07, 6.45) is 10.3. The molecule has 3 aliphatic carbocycles. The van der Waals surface area contributed by atoms with Crippen molar-refractivity contribution >= 4 is 50.6 Å². The molecule has 3 heterocycles. The third kappa shape index (κ3) is 6.63. The number of furan rings is 1. The molecule has 0 radical (unpaired) electrons. The molecule has 0 saturated heterocycles. The number of nitrogens with zero attached hydrogens (tertiary/aromatic N) is 4. The zero-order valence-electron chi connectivity index (χ0n) is 40.6. The van der Waals surface area contributed by atoms with Gasteiger partial charge in [0.15, 0.2) is 0 Å². The van der Waals surface area contributed by atoms with Crippen molar-refractivity contribution in [3.8, 4) is 22.3 Å². The number of aromatic nitrogens is 2. The molecule has 9 aromatic rings. The van der Waals surface area contributed by atoms with Gasteiger partial charge in [-0.05, 0) is 160 Å². The van der Waals surface area contributed by atoms with Gasteiger partial charge in [-0.15, -0.1) is 0 Å². The van der Waals surface area contributed by atoms with E-state index in [1.54, 1.807) is 12.1 Å². The third-order valence-electron chi connectivity index (χ3n) is 14.8. The van der Waals surface area contributed by atoms with Crippen LogP contribution in [0.25, 0.3) is 44.2 Å². The fraction of sp³-hybridized carbons (Fsp3) is 0.206. The van der Waals surface area contributed by atoms with Crippen molar-refractivity contribution in [1.29, 1.82) is 0 Å². The highest BCUT2D eigenvalue weighted by atomic mass is 19.1. The van der Waals surface area contributed by atoms with Gasteiger partial charge in [0.1, 0.15) is 28.6 Å². The normalized spacial score (nSPS) is 16.0. The zero-order valence-corrected chi connectivity index (χ0v) is 40.6. The van der Waals surface area contributed by atoms with E-state index in [1.165, 1.54) is 16.8 Å². The van der Waals surface area contributed by atoms with Crippen LogP contribution in [0.15, 0.2) is 180 Å². The molecule has 0 amide bonds. The largest absolute Gasteiger partial charge is 0.455 e. The number of rotatable bonds is 6. The second kappa shape index (κ2) is 15.5. The Morgan fingerprint density at radius 3 is 1.90 bits per heavy atom. The van der Waals surface area contributed by atoms with E-state index in [4.69, 9.17) is 14.4 Å². The average Bonchev–Trinajstić information content (AvgIpc) is 3.97. The SMILES string of the molecule is Cc1ccc(N(C2=CC=C(C(C)(C)C)CC2)c2ccc3c(c2)C2(c4ccccc4-c4ccc(F)cc42)c2cc(N(c4ccc(C(C)(C)C)cc4)c4ccc(C)cn4)c4c(oc5ccccc54)c2-3)nc1. The van der Waals surface area contributed by atoms with E-state index in [2.05, 4.69) is 193 Å². The van der Waals surface area contributed by atoms with Crippen LogP contribution in [0.2, 0.25) is 0 Å². The smallest absolute Gasteiger partial charge is 0.145 e. The van der Waals surface area contributed by atoms with Crippen LogP contribution in [0.4, 0.5) is 33.1 Å². The predicted molar refractivity (Wildman–Crippen MR) is 282 cm³/mol. The second-order valence-corrected chi connectivity index (χ2v) is 21.3. The van der Waals surface area contributed by atoms with E-state index < -0.39 is 5.41 Å². The fourth-order valence-corrected chi connectivity index (χ4v) is 11.4. The molecule has 1 atom stereocenters. The maximum absolute atomic E-state index is 16.3. The highest BCUT2D eigenvalue weighted by Crippen LogP contribution is 2.66. The summed E-state index contributed by atoms with van der Waals surface area (Å²) in [5, 5.41) is 2.00. The summed E-state index contributed by atoms with van der Waals surface area (Å²) < 4.78 is 23.6. The molecule has 5 nitrogen and oxygen atoms in total. The third-order valence-corrected chi connectivity index (χ3v) is 14.8. The van der Waals surface area contributed by atoms with E-state index in [1.807, 2.05) is 24.5 Å². The molecule has 1 unspecified atom stereocenters. The molecular weight excluding hydrogens is 848 g/mol. The van der Waals surface area contributed by atoms with Gasteiger partial charge in [-0.3, -0.25) is 9.80 Å². The van der Waals surface area contributed by atoms with Gasteiger partial charge < -0.3 is 4.42 Å². The Bertz CT molecular complexity index is 3600. The van der Waals surface area contributed by atoms with Gasteiger partial charge in [-0.1, -0.05) is 132 Å². The number of benzene rings is 6. The van der Waals surface area contributed by atoms with E-state index in [-0.39, 0.29) is 16.6 Å². The lowest BCUT2D eigenvalue weighted by Gasteiger charge is -2.34. The number of allylic oxidation sites excluding steroid dienone is 4. The maximum Gasteiger partial charge on any atom is 0.145 e. The molecular formula is C63H55FN4O. The number of hydrogen-bond donors (Lipinski definition) is 0. The van der Waals surface area contributed by atoms with Gasteiger partial charge in [-0.25, -0.2) is 14.4 Å². The average molecular weight is 903 g/mol. The van der Waals surface area contributed by atoms with Gasteiger partial charge in [0, 0.05) is 40.4 Å². The van der Waals surface area contributed by atoms with Crippen molar-refractivity contribution < 1.29 is 8.81 Å². The Balaban J connectivity index is 1.20.